The van der Waals surface area contributed by atoms with Crippen molar-refractivity contribution in [1.29, 1.82) is 0 Å². The van der Waals surface area contributed by atoms with Crippen LogP contribution >= 0.6 is 7.82 Å². The van der Waals surface area contributed by atoms with E-state index in [1.165, 1.54) is 193 Å². The maximum atomic E-state index is 12.8. The first kappa shape index (κ1) is 71.0. The van der Waals surface area contributed by atoms with Gasteiger partial charge in [0.1, 0.15) is 19.8 Å². The second-order valence-corrected chi connectivity index (χ2v) is 23.5. The van der Waals surface area contributed by atoms with Gasteiger partial charge in [0, 0.05) is 12.8 Å². The van der Waals surface area contributed by atoms with Crippen LogP contribution in [0.1, 0.15) is 290 Å². The molecule has 1 N–H and O–H groups in total. The number of ether oxygens (including phenoxy) is 2. The molecule has 0 aliphatic rings. The van der Waals surface area contributed by atoms with Crippen molar-refractivity contribution in [3.63, 3.8) is 0 Å². The van der Waals surface area contributed by atoms with E-state index >= 15 is 0 Å². The number of likely N-dealkylation sites (N-methyl/N-ethyl adjacent to an activating group) is 1. The zero-order chi connectivity index (χ0) is 53.5. The molecule has 73 heavy (non-hydrogen) atoms. The van der Waals surface area contributed by atoms with Crippen LogP contribution in [-0.2, 0) is 32.7 Å². The molecule has 0 saturated heterocycles. The van der Waals surface area contributed by atoms with Gasteiger partial charge in [0.25, 0.3) is 0 Å². The third-order valence-corrected chi connectivity index (χ3v) is 14.6. The molecule has 0 bridgehead atoms. The Balaban J connectivity index is 4.10. The van der Waals surface area contributed by atoms with Crippen LogP contribution in [0, 0.1) is 0 Å². The van der Waals surface area contributed by atoms with E-state index in [1.54, 1.807) is 0 Å². The Labute approximate surface area is 452 Å². The van der Waals surface area contributed by atoms with Gasteiger partial charge in [-0.1, -0.05) is 274 Å². The van der Waals surface area contributed by atoms with Gasteiger partial charge in [-0.25, -0.2) is 4.57 Å². The Bertz CT molecular complexity index is 1370. The number of unbranched alkanes of at least 4 members (excludes halogenated alkanes) is 35. The van der Waals surface area contributed by atoms with Crippen molar-refractivity contribution in [3.8, 4) is 0 Å². The molecule has 0 spiro atoms. The zero-order valence-electron chi connectivity index (χ0n) is 48.6. The quantitative estimate of drug-likeness (QED) is 0.0211. The summed E-state index contributed by atoms with van der Waals surface area (Å²) < 4.78 is 34.6. The minimum atomic E-state index is -4.39. The molecule has 2 unspecified atom stereocenters. The summed E-state index contributed by atoms with van der Waals surface area (Å²) in [5.41, 5.74) is 0. The Morgan fingerprint density at radius 2 is 0.781 bits per heavy atom. The fourth-order valence-corrected chi connectivity index (χ4v) is 9.63. The van der Waals surface area contributed by atoms with Crippen molar-refractivity contribution in [1.82, 2.24) is 0 Å². The lowest BCUT2D eigenvalue weighted by Gasteiger charge is -2.24. The van der Waals surface area contributed by atoms with Crippen LogP contribution in [0.2, 0.25) is 0 Å². The first-order chi connectivity index (χ1) is 35.5. The molecule has 0 aliphatic carbocycles. The van der Waals surface area contributed by atoms with Gasteiger partial charge in [0.05, 0.1) is 27.7 Å². The van der Waals surface area contributed by atoms with Gasteiger partial charge < -0.3 is 18.9 Å². The second kappa shape index (κ2) is 54.7. The molecule has 0 aromatic heterocycles. The topological polar surface area (TPSA) is 108 Å². The second-order valence-electron chi connectivity index (χ2n) is 22.1. The number of allylic oxidation sites excluding steroid dienone is 8. The lowest BCUT2D eigenvalue weighted by atomic mass is 10.0. The molecule has 2 atom stereocenters. The smallest absolute Gasteiger partial charge is 0.462 e. The van der Waals surface area contributed by atoms with Crippen LogP contribution in [-0.4, -0.2) is 74.9 Å². The highest BCUT2D eigenvalue weighted by Crippen LogP contribution is 2.43. The number of hydrogen-bond acceptors (Lipinski definition) is 7. The maximum Gasteiger partial charge on any atom is 0.472 e. The normalized spacial score (nSPS) is 13.6. The molecule has 0 heterocycles. The summed E-state index contributed by atoms with van der Waals surface area (Å²) in [5, 5.41) is 0. The molecular weight excluding hydrogens is 930 g/mol. The Kier molecular flexibility index (Phi) is 53.2. The minimum Gasteiger partial charge on any atom is -0.462 e. The third kappa shape index (κ3) is 59.1. The number of quaternary nitrogens is 1. The molecule has 0 aliphatic heterocycles. The first-order valence-corrected chi connectivity index (χ1v) is 32.4. The summed E-state index contributed by atoms with van der Waals surface area (Å²) in [6.07, 6.45) is 69.0. The Morgan fingerprint density at radius 3 is 1.16 bits per heavy atom. The maximum absolute atomic E-state index is 12.8. The monoisotopic (exact) mass is 1050 g/mol. The van der Waals surface area contributed by atoms with Crippen molar-refractivity contribution in [2.45, 2.75) is 296 Å². The third-order valence-electron chi connectivity index (χ3n) is 13.6. The fraction of sp³-hybridized carbons (Fsp3) is 0.841. The summed E-state index contributed by atoms with van der Waals surface area (Å²) in [6, 6.07) is 0. The number of phosphoric acid groups is 1. The standard InChI is InChI=1S/C63H118NO8P/c1-6-8-10-12-14-16-18-20-22-24-26-28-30-32-34-36-38-40-42-44-46-48-50-52-54-56-63(66)72-61(60-71-73(67,68)70-58-57-64(3,4)5)59-69-62(65)55-53-51-49-47-45-43-41-39-37-35-33-31-29-27-25-23-21-19-17-15-13-11-9-7-2/h8,10,14,16,20,22,26,28,61H,6-7,9,11-13,15,17-19,21,23-25,27,29-60H2,1-5H3/p+1/b10-8-,16-14-,22-20-,28-26-. The van der Waals surface area contributed by atoms with Crippen molar-refractivity contribution in [3.05, 3.63) is 48.6 Å². The van der Waals surface area contributed by atoms with Gasteiger partial charge in [-0.2, -0.15) is 0 Å². The van der Waals surface area contributed by atoms with Gasteiger partial charge in [-0.05, 0) is 51.4 Å². The van der Waals surface area contributed by atoms with E-state index in [1.807, 2.05) is 21.1 Å². The number of phosphoric ester groups is 1. The van der Waals surface area contributed by atoms with Crippen molar-refractivity contribution >= 4 is 19.8 Å². The van der Waals surface area contributed by atoms with Crippen LogP contribution in [0.5, 0.6) is 0 Å². The summed E-state index contributed by atoms with van der Waals surface area (Å²) in [6.45, 7) is 4.37. The van der Waals surface area contributed by atoms with E-state index in [0.29, 0.717) is 23.9 Å². The van der Waals surface area contributed by atoms with E-state index in [2.05, 4.69) is 62.5 Å². The van der Waals surface area contributed by atoms with Crippen molar-refractivity contribution in [2.75, 3.05) is 47.5 Å². The van der Waals surface area contributed by atoms with E-state index in [0.717, 1.165) is 64.2 Å². The molecule has 0 fully saturated rings. The lowest BCUT2D eigenvalue weighted by Crippen LogP contribution is -2.37. The van der Waals surface area contributed by atoms with Gasteiger partial charge >= 0.3 is 19.8 Å². The highest BCUT2D eigenvalue weighted by atomic mass is 31.2. The predicted molar refractivity (Wildman–Crippen MR) is 312 cm³/mol. The average molecular weight is 1050 g/mol. The van der Waals surface area contributed by atoms with E-state index in [-0.39, 0.29) is 25.6 Å². The Morgan fingerprint density at radius 1 is 0.438 bits per heavy atom. The SMILES string of the molecule is CC/C=C\C/C=C\C/C=C\C/C=C\CCCCCCCCCCCCCCC(=O)OC(COC(=O)CCCCCCCCCCCCCCCCCCCCCCCCCC)COP(=O)(O)OCC[N+](C)(C)C. The molecule has 428 valence electrons. The van der Waals surface area contributed by atoms with E-state index < -0.39 is 26.5 Å². The van der Waals surface area contributed by atoms with Crippen LogP contribution in [0.3, 0.4) is 0 Å². The molecule has 0 aromatic rings. The van der Waals surface area contributed by atoms with E-state index in [9.17, 15) is 19.0 Å². The largest absolute Gasteiger partial charge is 0.472 e. The van der Waals surface area contributed by atoms with Crippen LogP contribution < -0.4 is 0 Å². The van der Waals surface area contributed by atoms with Crippen molar-refractivity contribution < 1.29 is 42.1 Å². The average Bonchev–Trinajstić information content (AvgIpc) is 3.35. The summed E-state index contributed by atoms with van der Waals surface area (Å²) in [4.78, 5) is 35.8. The van der Waals surface area contributed by atoms with Crippen LogP contribution in [0.4, 0.5) is 0 Å². The van der Waals surface area contributed by atoms with Gasteiger partial charge in [-0.3, -0.25) is 18.6 Å². The van der Waals surface area contributed by atoms with Crippen LogP contribution in [0.15, 0.2) is 48.6 Å². The summed E-state index contributed by atoms with van der Waals surface area (Å²) >= 11 is 0. The van der Waals surface area contributed by atoms with E-state index in [4.69, 9.17) is 18.5 Å². The molecule has 0 radical (unpaired) electrons. The molecular formula is C63H119NO8P+. The minimum absolute atomic E-state index is 0.0323. The predicted octanol–water partition coefficient (Wildman–Crippen LogP) is 19.3. The number of nitrogens with zero attached hydrogens (tertiary/aromatic N) is 1. The summed E-state index contributed by atoms with van der Waals surface area (Å²) in [7, 11) is 1.49. The fourth-order valence-electron chi connectivity index (χ4n) is 8.89. The number of carbonyl (C=O) groups is 2. The first-order valence-electron chi connectivity index (χ1n) is 30.9. The van der Waals surface area contributed by atoms with Gasteiger partial charge in [0.2, 0.25) is 0 Å². The highest BCUT2D eigenvalue weighted by Gasteiger charge is 2.27. The molecule has 0 aromatic carbocycles. The molecule has 9 nitrogen and oxygen atoms in total. The number of esters is 2. The number of rotatable bonds is 57. The molecule has 0 amide bonds. The molecule has 0 saturated carbocycles. The highest BCUT2D eigenvalue weighted by molar-refractivity contribution is 7.47. The molecule has 0 rings (SSSR count). The van der Waals surface area contributed by atoms with Gasteiger partial charge in [0.15, 0.2) is 6.10 Å². The molecule has 10 heteroatoms. The van der Waals surface area contributed by atoms with Crippen molar-refractivity contribution in [2.24, 2.45) is 0 Å². The Hall–Kier alpha value is -2.03. The number of carbonyl (C=O) groups excluding carboxylic acids is 2. The summed E-state index contributed by atoms with van der Waals surface area (Å²) in [5.74, 6) is -0.786. The van der Waals surface area contributed by atoms with Gasteiger partial charge in [-0.15, -0.1) is 0 Å². The lowest BCUT2D eigenvalue weighted by molar-refractivity contribution is -0.870. The number of hydrogen-bond donors (Lipinski definition) is 1. The zero-order valence-corrected chi connectivity index (χ0v) is 49.5. The van der Waals surface area contributed by atoms with Crippen LogP contribution in [0.25, 0.3) is 0 Å².